The van der Waals surface area contributed by atoms with Crippen molar-refractivity contribution in [2.45, 2.75) is 34.6 Å². The number of aromatic nitrogens is 3. The summed E-state index contributed by atoms with van der Waals surface area (Å²) in [5, 5.41) is 42.0. The van der Waals surface area contributed by atoms with Crippen molar-refractivity contribution in [2.75, 3.05) is 21.1 Å². The zero-order valence-electron chi connectivity index (χ0n) is 42.8. The maximum Gasteiger partial charge on any atom is 0.328 e. The highest BCUT2D eigenvalue weighted by Crippen LogP contribution is 2.10. The van der Waals surface area contributed by atoms with Crippen LogP contribution >= 0.6 is 0 Å². The molecule has 0 fully saturated rings. The number of hydrogen-bond acceptors (Lipinski definition) is 12. The number of aliphatic carboxylic acids is 2. The SMILES string of the molecule is CC.CC.CC(=O)/C=C/c1ccccc1.CN.C[N+](=O)[O-].C[N+](=O)[O-].O=C(/C=C/c1ccccc1)n1nnc2ccccc21.O=C(O)/C=C/c1ccccc1.O=C(O)/C=C/c1ccccc1.O=Cc1ccccc1. The molecule has 0 unspecified atom stereocenters. The van der Waals surface area contributed by atoms with Crippen LogP contribution < -0.4 is 5.73 Å². The van der Waals surface area contributed by atoms with Crippen molar-refractivity contribution in [2.24, 2.45) is 5.73 Å². The first kappa shape index (κ1) is 68.7. The maximum absolute atomic E-state index is 12.1. The summed E-state index contributed by atoms with van der Waals surface area (Å²) in [6, 6.07) is 54.5. The molecule has 4 N–H and O–H groups in total. The van der Waals surface area contributed by atoms with Crippen molar-refractivity contribution < 1.29 is 44.0 Å². The number of carbonyl (C=O) groups excluding carboxylic acids is 3. The minimum atomic E-state index is -0.922. The Morgan fingerprint density at radius 3 is 1.04 bits per heavy atom. The molecule has 0 spiro atoms. The number of allylic oxidation sites excluding steroid dienone is 2. The third-order valence-corrected chi connectivity index (χ3v) is 7.46. The lowest BCUT2D eigenvalue weighted by molar-refractivity contribution is -0.445. The van der Waals surface area contributed by atoms with Gasteiger partial charge in [-0.15, -0.1) is 5.10 Å². The van der Waals surface area contributed by atoms with Gasteiger partial charge in [0.25, 0.3) is 5.91 Å². The van der Waals surface area contributed by atoms with E-state index < -0.39 is 21.8 Å². The second-order valence-corrected chi connectivity index (χ2v) is 13.0. The second-order valence-electron chi connectivity index (χ2n) is 13.0. The van der Waals surface area contributed by atoms with Crippen LogP contribution in [-0.2, 0) is 14.4 Å². The van der Waals surface area contributed by atoms with Gasteiger partial charge in [0.1, 0.15) is 11.8 Å². The van der Waals surface area contributed by atoms with Crippen LogP contribution in [0, 0.1) is 20.2 Å². The van der Waals surface area contributed by atoms with E-state index in [1.54, 1.807) is 43.4 Å². The average molecular weight is 1010 g/mol. The Morgan fingerprint density at radius 1 is 0.486 bits per heavy atom. The summed E-state index contributed by atoms with van der Waals surface area (Å²) in [4.78, 5) is 69.4. The standard InChI is InChI=1S/C15H11N3O.C10H10O.2C9H8O2.C7H6O.2C2H6.2CH3NO2.CH5N/c19-15(11-10-12-6-2-1-3-7-12)18-14-9-5-4-8-13(14)16-17-18;1-9(11)7-8-10-5-3-2-4-6-10;2*10-9(11)7-6-8-4-2-1-3-5-8;8-6-7-4-2-1-3-5-7;2*1-2;2*1-2(3)4;1-2/h1-11H;2-8H,1H3;2*1-7H,(H,10,11);1-6H;2*1-2H3;2*1H3;2H2,1H3/b11-10+;8-7+;2*7-6+;;;;;;. The van der Waals surface area contributed by atoms with E-state index in [2.05, 4.69) is 16.0 Å². The molecule has 0 amide bonds. The minimum absolute atomic E-state index is 0.0776. The van der Waals surface area contributed by atoms with E-state index in [1.807, 2.05) is 198 Å². The molecule has 0 atom stereocenters. The number of carboxylic acids is 2. The van der Waals surface area contributed by atoms with Crippen LogP contribution in [0.1, 0.15) is 72.0 Å². The Morgan fingerprint density at radius 2 is 0.757 bits per heavy atom. The fourth-order valence-electron chi connectivity index (χ4n) is 4.61. The topological polar surface area (TPSA) is 269 Å². The van der Waals surface area contributed by atoms with Gasteiger partial charge in [-0.25, -0.2) is 9.59 Å². The predicted molar refractivity (Wildman–Crippen MR) is 296 cm³/mol. The number of nitrogens with zero attached hydrogens (tertiary/aromatic N) is 5. The van der Waals surface area contributed by atoms with Crippen molar-refractivity contribution in [1.29, 1.82) is 0 Å². The predicted octanol–water partition coefficient (Wildman–Crippen LogP) is 11.6. The Labute approximate surface area is 432 Å². The van der Waals surface area contributed by atoms with Crippen LogP contribution in [0.15, 0.2) is 200 Å². The molecule has 17 heteroatoms. The minimum Gasteiger partial charge on any atom is -0.478 e. The molecule has 0 aliphatic carbocycles. The summed E-state index contributed by atoms with van der Waals surface area (Å²) in [6.45, 7) is 9.54. The molecule has 0 radical (unpaired) electrons. The Bertz CT molecular complexity index is 2550. The molecule has 1 aromatic heterocycles. The molecule has 0 bridgehead atoms. The van der Waals surface area contributed by atoms with Gasteiger partial charge < -0.3 is 15.9 Å². The number of nitrogens with two attached hydrogens (primary N) is 1. The van der Waals surface area contributed by atoms with E-state index in [0.717, 1.165) is 60.4 Å². The maximum atomic E-state index is 12.1. The van der Waals surface area contributed by atoms with Gasteiger partial charge in [-0.05, 0) is 72.7 Å². The first-order valence-corrected chi connectivity index (χ1v) is 22.6. The zero-order valence-corrected chi connectivity index (χ0v) is 42.8. The highest BCUT2D eigenvalue weighted by molar-refractivity contribution is 5.98. The molecule has 0 saturated carbocycles. The molecule has 74 heavy (non-hydrogen) atoms. The van der Waals surface area contributed by atoms with Gasteiger partial charge in [0.05, 0.1) is 5.52 Å². The monoisotopic (exact) mass is 1010 g/mol. The first-order valence-electron chi connectivity index (χ1n) is 22.6. The molecular weight excluding hydrogens is 945 g/mol. The average Bonchev–Trinajstić information content (AvgIpc) is 3.87. The number of ketones is 1. The lowest BCUT2D eigenvalue weighted by Crippen LogP contribution is -2.08. The van der Waals surface area contributed by atoms with Crippen molar-refractivity contribution >= 4 is 65.3 Å². The van der Waals surface area contributed by atoms with Gasteiger partial charge in [0.2, 0.25) is 0 Å². The van der Waals surface area contributed by atoms with E-state index in [0.29, 0.717) is 11.0 Å². The molecular formula is C57H66N6O11. The van der Waals surface area contributed by atoms with Crippen molar-refractivity contribution in [1.82, 2.24) is 15.0 Å². The number of nitro groups is 2. The lowest BCUT2D eigenvalue weighted by Gasteiger charge is -1.95. The lowest BCUT2D eigenvalue weighted by atomic mass is 10.2. The molecule has 7 aromatic rings. The van der Waals surface area contributed by atoms with Crippen molar-refractivity contribution in [3.8, 4) is 0 Å². The highest BCUT2D eigenvalue weighted by atomic mass is 16.6. The summed E-state index contributed by atoms with van der Waals surface area (Å²) >= 11 is 0. The van der Waals surface area contributed by atoms with Crippen LogP contribution in [0.4, 0.5) is 0 Å². The number of aldehydes is 1. The van der Waals surface area contributed by atoms with Crippen LogP contribution in [-0.4, -0.2) is 86.1 Å². The fourth-order valence-corrected chi connectivity index (χ4v) is 4.61. The summed E-state index contributed by atoms with van der Waals surface area (Å²) in [5.74, 6) is -1.98. The number of carbonyl (C=O) groups is 5. The Balaban J connectivity index is -0.000000819. The highest BCUT2D eigenvalue weighted by Gasteiger charge is 2.08. The molecule has 0 aliphatic heterocycles. The molecule has 6 aromatic carbocycles. The summed E-state index contributed by atoms with van der Waals surface area (Å²) in [6.07, 6.45) is 12.8. The smallest absolute Gasteiger partial charge is 0.328 e. The van der Waals surface area contributed by atoms with Crippen LogP contribution in [0.5, 0.6) is 0 Å². The molecule has 0 saturated heterocycles. The van der Waals surface area contributed by atoms with Gasteiger partial charge in [-0.1, -0.05) is 203 Å². The number of benzene rings is 6. The Kier molecular flexibility index (Phi) is 43.7. The van der Waals surface area contributed by atoms with Crippen LogP contribution in [0.2, 0.25) is 0 Å². The molecule has 1 heterocycles. The van der Waals surface area contributed by atoms with Gasteiger partial charge in [0, 0.05) is 33.6 Å². The quantitative estimate of drug-likeness (QED) is 0.0525. The summed E-state index contributed by atoms with van der Waals surface area (Å²) in [5.41, 5.74) is 10.5. The van der Waals surface area contributed by atoms with E-state index in [1.165, 1.54) is 17.8 Å². The van der Waals surface area contributed by atoms with E-state index >= 15 is 0 Å². The van der Waals surface area contributed by atoms with Crippen molar-refractivity contribution in [3.63, 3.8) is 0 Å². The molecule has 0 aliphatic rings. The summed E-state index contributed by atoms with van der Waals surface area (Å²) in [7, 11) is 3.28. The van der Waals surface area contributed by atoms with Gasteiger partial charge in [-0.3, -0.25) is 34.6 Å². The Hall–Kier alpha value is -9.61. The zero-order chi connectivity index (χ0) is 56.4. The van der Waals surface area contributed by atoms with Gasteiger partial charge in [-0.2, -0.15) is 4.68 Å². The van der Waals surface area contributed by atoms with Crippen LogP contribution in [0.3, 0.4) is 0 Å². The summed E-state index contributed by atoms with van der Waals surface area (Å²) < 4.78 is 1.30. The van der Waals surface area contributed by atoms with Gasteiger partial charge >= 0.3 is 11.9 Å². The number of fused-ring (bicyclic) bond motifs is 1. The van der Waals surface area contributed by atoms with E-state index in [9.17, 15) is 24.0 Å². The third kappa shape index (κ3) is 40.3. The molecule has 17 nitrogen and oxygen atoms in total. The first-order chi connectivity index (χ1) is 35.6. The number of para-hydroxylation sites is 1. The molecule has 390 valence electrons. The van der Waals surface area contributed by atoms with E-state index in [4.69, 9.17) is 30.4 Å². The second kappa shape index (κ2) is 47.1. The number of rotatable bonds is 9. The van der Waals surface area contributed by atoms with Crippen LogP contribution in [0.25, 0.3) is 35.3 Å². The van der Waals surface area contributed by atoms with Gasteiger partial charge in [0.15, 0.2) is 19.9 Å². The van der Waals surface area contributed by atoms with Crippen molar-refractivity contribution in [3.05, 3.63) is 248 Å². The fraction of sp³-hybridized carbons (Fsp3) is 0.140. The molecule has 7 rings (SSSR count). The largest absolute Gasteiger partial charge is 0.478 e. The third-order valence-electron chi connectivity index (χ3n) is 7.46. The van der Waals surface area contributed by atoms with E-state index in [-0.39, 0.29) is 11.7 Å². The number of hydrogen-bond donors (Lipinski definition) is 3. The normalized spacial score (nSPS) is 9.26. The number of carboxylic acid groups (broad SMARTS) is 2.